The molecule has 0 amide bonds. The van der Waals surface area contributed by atoms with E-state index in [4.69, 9.17) is 0 Å². The first-order valence-electron chi connectivity index (χ1n) is 5.17. The Labute approximate surface area is 101 Å². The maximum Gasteiger partial charge on any atom is 0.416 e. The van der Waals surface area contributed by atoms with E-state index in [1.807, 2.05) is 0 Å². The number of aromatic nitrogens is 1. The van der Waals surface area contributed by atoms with Gasteiger partial charge in [0, 0.05) is 11.8 Å². The third kappa shape index (κ3) is 2.34. The fraction of sp³-hybridized carbons (Fsp3) is 0.154. The highest BCUT2D eigenvalue weighted by Crippen LogP contribution is 2.31. The van der Waals surface area contributed by atoms with Crippen LogP contribution in [0.25, 0.3) is 11.1 Å². The average molecular weight is 255 g/mol. The van der Waals surface area contributed by atoms with E-state index in [0.717, 1.165) is 18.3 Å². The SMILES string of the molecule is Cc1c(F)cncc1-c1ccc(C(F)(F)F)cc1. The van der Waals surface area contributed by atoms with Crippen molar-refractivity contribution >= 4 is 0 Å². The minimum atomic E-state index is -4.37. The van der Waals surface area contributed by atoms with Crippen molar-refractivity contribution in [2.24, 2.45) is 0 Å². The van der Waals surface area contributed by atoms with Crippen LogP contribution in [0.2, 0.25) is 0 Å². The van der Waals surface area contributed by atoms with E-state index in [2.05, 4.69) is 4.98 Å². The van der Waals surface area contributed by atoms with Crippen LogP contribution in [-0.2, 0) is 6.18 Å². The van der Waals surface area contributed by atoms with Crippen molar-refractivity contribution in [1.29, 1.82) is 0 Å². The summed E-state index contributed by atoms with van der Waals surface area (Å²) in [6.07, 6.45) is -1.86. The third-order valence-electron chi connectivity index (χ3n) is 2.68. The Kier molecular flexibility index (Phi) is 3.07. The molecule has 0 atom stereocenters. The average Bonchev–Trinajstić information content (AvgIpc) is 2.32. The van der Waals surface area contributed by atoms with Gasteiger partial charge in [-0.2, -0.15) is 13.2 Å². The van der Waals surface area contributed by atoms with Crippen molar-refractivity contribution in [2.45, 2.75) is 13.1 Å². The highest BCUT2D eigenvalue weighted by molar-refractivity contribution is 5.66. The van der Waals surface area contributed by atoms with Crippen LogP contribution in [0.3, 0.4) is 0 Å². The van der Waals surface area contributed by atoms with Crippen molar-refractivity contribution in [3.63, 3.8) is 0 Å². The first-order valence-corrected chi connectivity index (χ1v) is 5.17. The topological polar surface area (TPSA) is 12.9 Å². The molecular weight excluding hydrogens is 246 g/mol. The number of nitrogens with zero attached hydrogens (tertiary/aromatic N) is 1. The van der Waals surface area contributed by atoms with Gasteiger partial charge in [-0.3, -0.25) is 4.98 Å². The smallest absolute Gasteiger partial charge is 0.261 e. The first-order chi connectivity index (χ1) is 8.39. The number of alkyl halides is 3. The molecule has 1 heterocycles. The van der Waals surface area contributed by atoms with Crippen molar-refractivity contribution in [3.05, 3.63) is 53.6 Å². The van der Waals surface area contributed by atoms with E-state index < -0.39 is 17.6 Å². The Bertz CT molecular complexity index is 558. The summed E-state index contributed by atoms with van der Waals surface area (Å²) in [6, 6.07) is 4.57. The standard InChI is InChI=1S/C13H9F4N/c1-8-11(6-18-7-12(8)14)9-2-4-10(5-3-9)13(15,16)17/h2-7H,1H3. The van der Waals surface area contributed by atoms with Crippen molar-refractivity contribution in [3.8, 4) is 11.1 Å². The Balaban J connectivity index is 2.44. The van der Waals surface area contributed by atoms with E-state index in [1.165, 1.54) is 18.3 Å². The molecule has 1 nitrogen and oxygen atoms in total. The van der Waals surface area contributed by atoms with Crippen LogP contribution < -0.4 is 0 Å². The Morgan fingerprint density at radius 3 is 2.17 bits per heavy atom. The summed E-state index contributed by atoms with van der Waals surface area (Å²) < 4.78 is 50.5. The summed E-state index contributed by atoms with van der Waals surface area (Å²) >= 11 is 0. The van der Waals surface area contributed by atoms with Gasteiger partial charge in [-0.05, 0) is 30.2 Å². The zero-order valence-electron chi connectivity index (χ0n) is 9.42. The molecule has 1 aromatic carbocycles. The van der Waals surface area contributed by atoms with Gasteiger partial charge in [0.15, 0.2) is 0 Å². The number of hydrogen-bond acceptors (Lipinski definition) is 1. The number of hydrogen-bond donors (Lipinski definition) is 0. The fourth-order valence-electron chi connectivity index (χ4n) is 1.63. The zero-order valence-corrected chi connectivity index (χ0v) is 9.42. The minimum Gasteiger partial charge on any atom is -0.261 e. The molecule has 2 rings (SSSR count). The van der Waals surface area contributed by atoms with E-state index >= 15 is 0 Å². The lowest BCUT2D eigenvalue weighted by molar-refractivity contribution is -0.137. The van der Waals surface area contributed by atoms with Gasteiger partial charge in [0.05, 0.1) is 11.8 Å². The van der Waals surface area contributed by atoms with Gasteiger partial charge < -0.3 is 0 Å². The Hall–Kier alpha value is -1.91. The van der Waals surface area contributed by atoms with E-state index in [0.29, 0.717) is 16.7 Å². The van der Waals surface area contributed by atoms with Gasteiger partial charge in [-0.15, -0.1) is 0 Å². The normalized spacial score (nSPS) is 11.6. The van der Waals surface area contributed by atoms with Gasteiger partial charge in [0.1, 0.15) is 5.82 Å². The van der Waals surface area contributed by atoms with Crippen molar-refractivity contribution < 1.29 is 17.6 Å². The molecule has 0 bridgehead atoms. The lowest BCUT2D eigenvalue weighted by Crippen LogP contribution is -2.04. The predicted molar refractivity (Wildman–Crippen MR) is 59.4 cm³/mol. The molecule has 0 radical (unpaired) electrons. The second kappa shape index (κ2) is 4.40. The highest BCUT2D eigenvalue weighted by atomic mass is 19.4. The quantitative estimate of drug-likeness (QED) is 0.695. The molecule has 0 aliphatic rings. The molecule has 94 valence electrons. The van der Waals surface area contributed by atoms with E-state index in [9.17, 15) is 17.6 Å². The second-order valence-electron chi connectivity index (χ2n) is 3.87. The van der Waals surface area contributed by atoms with Crippen LogP contribution in [-0.4, -0.2) is 4.98 Å². The third-order valence-corrected chi connectivity index (χ3v) is 2.68. The van der Waals surface area contributed by atoms with Gasteiger partial charge in [0.25, 0.3) is 0 Å². The molecule has 0 aliphatic carbocycles. The zero-order chi connectivity index (χ0) is 13.3. The summed E-state index contributed by atoms with van der Waals surface area (Å²) in [5.41, 5.74) is 0.634. The lowest BCUT2D eigenvalue weighted by atomic mass is 10.0. The van der Waals surface area contributed by atoms with Crippen LogP contribution in [0.4, 0.5) is 17.6 Å². The molecule has 18 heavy (non-hydrogen) atoms. The monoisotopic (exact) mass is 255 g/mol. The Morgan fingerprint density at radius 2 is 1.61 bits per heavy atom. The van der Waals surface area contributed by atoms with Crippen LogP contribution in [0.1, 0.15) is 11.1 Å². The highest BCUT2D eigenvalue weighted by Gasteiger charge is 2.30. The lowest BCUT2D eigenvalue weighted by Gasteiger charge is -2.09. The van der Waals surface area contributed by atoms with E-state index in [-0.39, 0.29) is 0 Å². The minimum absolute atomic E-state index is 0.366. The van der Waals surface area contributed by atoms with Gasteiger partial charge >= 0.3 is 6.18 Å². The molecule has 0 unspecified atom stereocenters. The molecule has 0 saturated heterocycles. The first kappa shape index (κ1) is 12.5. The molecule has 0 spiro atoms. The van der Waals surface area contributed by atoms with Crippen LogP contribution in [0.5, 0.6) is 0 Å². The number of rotatable bonds is 1. The molecular formula is C13H9F4N. The van der Waals surface area contributed by atoms with Gasteiger partial charge in [-0.1, -0.05) is 12.1 Å². The van der Waals surface area contributed by atoms with E-state index in [1.54, 1.807) is 6.92 Å². The summed E-state index contributed by atoms with van der Waals surface area (Å²) in [5.74, 6) is -0.479. The summed E-state index contributed by atoms with van der Waals surface area (Å²) in [6.45, 7) is 1.56. The summed E-state index contributed by atoms with van der Waals surface area (Å²) in [5, 5.41) is 0. The van der Waals surface area contributed by atoms with Gasteiger partial charge in [-0.25, -0.2) is 4.39 Å². The Morgan fingerprint density at radius 1 is 1.00 bits per heavy atom. The molecule has 0 fully saturated rings. The molecule has 0 aliphatic heterocycles. The molecule has 1 aromatic heterocycles. The largest absolute Gasteiger partial charge is 0.416 e. The van der Waals surface area contributed by atoms with Crippen molar-refractivity contribution in [1.82, 2.24) is 4.98 Å². The summed E-state index contributed by atoms with van der Waals surface area (Å²) in [7, 11) is 0. The maximum atomic E-state index is 13.3. The molecule has 0 N–H and O–H groups in total. The van der Waals surface area contributed by atoms with Crippen LogP contribution in [0, 0.1) is 12.7 Å². The fourth-order valence-corrected chi connectivity index (χ4v) is 1.63. The molecule has 5 heteroatoms. The maximum absolute atomic E-state index is 13.3. The predicted octanol–water partition coefficient (Wildman–Crippen LogP) is 4.21. The summed E-state index contributed by atoms with van der Waals surface area (Å²) in [4.78, 5) is 3.70. The molecule has 2 aromatic rings. The van der Waals surface area contributed by atoms with Crippen LogP contribution >= 0.6 is 0 Å². The molecule has 0 saturated carbocycles. The van der Waals surface area contributed by atoms with Crippen molar-refractivity contribution in [2.75, 3.05) is 0 Å². The second-order valence-corrected chi connectivity index (χ2v) is 3.87. The number of benzene rings is 1. The number of halogens is 4. The van der Waals surface area contributed by atoms with Gasteiger partial charge in [0.2, 0.25) is 0 Å². The number of pyridine rings is 1. The van der Waals surface area contributed by atoms with Crippen LogP contribution in [0.15, 0.2) is 36.7 Å².